The predicted octanol–water partition coefficient (Wildman–Crippen LogP) is 1.62. The maximum atomic E-state index is 13.1. The van der Waals surface area contributed by atoms with Gasteiger partial charge in [0.15, 0.2) is 11.6 Å². The highest BCUT2D eigenvalue weighted by atomic mass is 19.2. The maximum absolute atomic E-state index is 13.1. The van der Waals surface area contributed by atoms with Crippen molar-refractivity contribution in [1.82, 2.24) is 10.2 Å². The van der Waals surface area contributed by atoms with E-state index in [0.29, 0.717) is 6.54 Å². The third-order valence-corrected chi connectivity index (χ3v) is 3.23. The molecule has 106 valence electrons. The largest absolute Gasteiger partial charge is 0.398 e. The van der Waals surface area contributed by atoms with E-state index >= 15 is 0 Å². The molecule has 0 heterocycles. The number of nitrogens with zero attached hydrogens (tertiary/aromatic N) is 1. The molecule has 0 aromatic heterocycles. The van der Waals surface area contributed by atoms with Crippen LogP contribution in [0.15, 0.2) is 12.1 Å². The molecule has 19 heavy (non-hydrogen) atoms. The molecule has 1 rings (SSSR count). The number of benzene rings is 1. The molecule has 3 N–H and O–H groups in total. The van der Waals surface area contributed by atoms with E-state index in [1.807, 2.05) is 32.8 Å². The van der Waals surface area contributed by atoms with Gasteiger partial charge in [0, 0.05) is 23.8 Å². The first-order valence-electron chi connectivity index (χ1n) is 5.85. The smallest absolute Gasteiger partial charge is 0.253 e. The molecule has 1 aromatic rings. The molecule has 0 aliphatic heterocycles. The number of nitrogens with one attached hydrogen (secondary N) is 1. The zero-order chi connectivity index (χ0) is 14.8. The van der Waals surface area contributed by atoms with Gasteiger partial charge < -0.3 is 16.0 Å². The first kappa shape index (κ1) is 15.4. The molecule has 0 bridgehead atoms. The van der Waals surface area contributed by atoms with Crippen molar-refractivity contribution in [2.24, 2.45) is 0 Å². The quantitative estimate of drug-likeness (QED) is 0.818. The average molecular weight is 271 g/mol. The first-order valence-corrected chi connectivity index (χ1v) is 5.85. The fourth-order valence-electron chi connectivity index (χ4n) is 1.31. The summed E-state index contributed by atoms with van der Waals surface area (Å²) in [5.74, 6) is -2.68. The Kier molecular flexibility index (Phi) is 4.47. The summed E-state index contributed by atoms with van der Waals surface area (Å²) < 4.78 is 26.0. The van der Waals surface area contributed by atoms with Crippen molar-refractivity contribution in [2.45, 2.75) is 19.4 Å². The number of amides is 1. The Morgan fingerprint density at radius 2 is 1.84 bits per heavy atom. The van der Waals surface area contributed by atoms with Gasteiger partial charge in [0.1, 0.15) is 0 Å². The SMILES string of the molecule is CN(C)C(C)(C)CNC(=O)c1cc(F)c(F)cc1N. The van der Waals surface area contributed by atoms with Crippen LogP contribution >= 0.6 is 0 Å². The van der Waals surface area contributed by atoms with E-state index < -0.39 is 17.5 Å². The molecule has 0 atom stereocenters. The van der Waals surface area contributed by atoms with E-state index in [4.69, 9.17) is 5.73 Å². The van der Waals surface area contributed by atoms with E-state index in [1.54, 1.807) is 0 Å². The maximum Gasteiger partial charge on any atom is 0.253 e. The lowest BCUT2D eigenvalue weighted by Gasteiger charge is -2.32. The van der Waals surface area contributed by atoms with Crippen LogP contribution in [0.4, 0.5) is 14.5 Å². The number of hydrogen-bond acceptors (Lipinski definition) is 3. The van der Waals surface area contributed by atoms with Gasteiger partial charge in [-0.2, -0.15) is 0 Å². The number of hydrogen-bond donors (Lipinski definition) is 2. The fraction of sp³-hybridized carbons (Fsp3) is 0.462. The molecule has 6 heteroatoms. The molecule has 4 nitrogen and oxygen atoms in total. The number of rotatable bonds is 4. The van der Waals surface area contributed by atoms with Gasteiger partial charge in [-0.3, -0.25) is 4.79 Å². The number of carbonyl (C=O) groups excluding carboxylic acids is 1. The second kappa shape index (κ2) is 5.52. The minimum absolute atomic E-state index is 0.0616. The summed E-state index contributed by atoms with van der Waals surface area (Å²) in [4.78, 5) is 13.8. The summed E-state index contributed by atoms with van der Waals surface area (Å²) >= 11 is 0. The summed E-state index contributed by atoms with van der Waals surface area (Å²) in [5, 5.41) is 2.66. The van der Waals surface area contributed by atoms with Gasteiger partial charge in [0.25, 0.3) is 5.91 Å². The zero-order valence-electron chi connectivity index (χ0n) is 11.6. The molecule has 0 aliphatic carbocycles. The Bertz CT molecular complexity index is 487. The summed E-state index contributed by atoms with van der Waals surface area (Å²) in [6.07, 6.45) is 0. The number of carbonyl (C=O) groups is 1. The number of nitrogen functional groups attached to an aromatic ring is 1. The second-order valence-electron chi connectivity index (χ2n) is 5.24. The molecule has 1 aromatic carbocycles. The lowest BCUT2D eigenvalue weighted by molar-refractivity contribution is 0.0920. The third kappa shape index (κ3) is 3.64. The lowest BCUT2D eigenvalue weighted by atomic mass is 10.0. The van der Waals surface area contributed by atoms with Crippen LogP contribution in [0.3, 0.4) is 0 Å². The van der Waals surface area contributed by atoms with E-state index in [-0.39, 0.29) is 16.8 Å². The minimum atomic E-state index is -1.09. The van der Waals surface area contributed by atoms with Crippen LogP contribution in [0.5, 0.6) is 0 Å². The minimum Gasteiger partial charge on any atom is -0.398 e. The van der Waals surface area contributed by atoms with Gasteiger partial charge in [-0.25, -0.2) is 8.78 Å². The Labute approximate surface area is 111 Å². The van der Waals surface area contributed by atoms with Gasteiger partial charge in [0.2, 0.25) is 0 Å². The summed E-state index contributed by atoms with van der Waals surface area (Å²) in [6.45, 7) is 4.25. The Morgan fingerprint density at radius 3 is 2.37 bits per heavy atom. The van der Waals surface area contributed by atoms with Gasteiger partial charge in [-0.15, -0.1) is 0 Å². The highest BCUT2D eigenvalue weighted by molar-refractivity contribution is 5.99. The van der Waals surface area contributed by atoms with Crippen LogP contribution in [-0.2, 0) is 0 Å². The summed E-state index contributed by atoms with van der Waals surface area (Å²) in [6, 6.07) is 1.62. The molecule has 0 fully saturated rings. The van der Waals surface area contributed by atoms with Gasteiger partial charge >= 0.3 is 0 Å². The van der Waals surface area contributed by atoms with E-state index in [0.717, 1.165) is 12.1 Å². The van der Waals surface area contributed by atoms with Gasteiger partial charge in [-0.05, 0) is 34.0 Å². The Balaban J connectivity index is 2.83. The molecule has 0 aliphatic rings. The van der Waals surface area contributed by atoms with E-state index in [1.165, 1.54) is 0 Å². The molecular weight excluding hydrogens is 252 g/mol. The van der Waals surface area contributed by atoms with Crippen molar-refractivity contribution in [3.63, 3.8) is 0 Å². The van der Waals surface area contributed by atoms with Crippen LogP contribution in [0, 0.1) is 11.6 Å². The lowest BCUT2D eigenvalue weighted by Crippen LogP contribution is -2.48. The number of likely N-dealkylation sites (N-methyl/N-ethyl adjacent to an activating group) is 1. The standard InChI is InChI=1S/C13H19F2N3O/c1-13(2,18(3)4)7-17-12(19)8-5-9(14)10(15)6-11(8)16/h5-6H,7,16H2,1-4H3,(H,17,19). The molecule has 0 saturated heterocycles. The molecule has 0 spiro atoms. The number of halogens is 2. The van der Waals surface area contributed by atoms with Crippen LogP contribution in [-0.4, -0.2) is 37.0 Å². The van der Waals surface area contributed by atoms with Crippen molar-refractivity contribution in [2.75, 3.05) is 26.4 Å². The van der Waals surface area contributed by atoms with E-state index in [9.17, 15) is 13.6 Å². The topological polar surface area (TPSA) is 58.4 Å². The van der Waals surface area contributed by atoms with Crippen LogP contribution in [0.2, 0.25) is 0 Å². The van der Waals surface area contributed by atoms with Crippen molar-refractivity contribution in [1.29, 1.82) is 0 Å². The molecule has 0 saturated carbocycles. The first-order chi connectivity index (χ1) is 8.65. The zero-order valence-corrected chi connectivity index (χ0v) is 11.6. The highest BCUT2D eigenvalue weighted by Gasteiger charge is 2.22. The highest BCUT2D eigenvalue weighted by Crippen LogP contribution is 2.17. The van der Waals surface area contributed by atoms with Crippen LogP contribution in [0.25, 0.3) is 0 Å². The third-order valence-electron chi connectivity index (χ3n) is 3.23. The van der Waals surface area contributed by atoms with E-state index in [2.05, 4.69) is 5.32 Å². The number of anilines is 1. The van der Waals surface area contributed by atoms with Gasteiger partial charge in [0.05, 0.1) is 5.56 Å². The number of nitrogens with two attached hydrogens (primary N) is 1. The predicted molar refractivity (Wildman–Crippen MR) is 70.9 cm³/mol. The monoisotopic (exact) mass is 271 g/mol. The normalized spacial score (nSPS) is 11.7. The summed E-state index contributed by atoms with van der Waals surface area (Å²) in [7, 11) is 3.77. The van der Waals surface area contributed by atoms with Crippen molar-refractivity contribution in [3.05, 3.63) is 29.3 Å². The van der Waals surface area contributed by atoms with Crippen molar-refractivity contribution >= 4 is 11.6 Å². The van der Waals surface area contributed by atoms with Crippen LogP contribution in [0.1, 0.15) is 24.2 Å². The second-order valence-corrected chi connectivity index (χ2v) is 5.24. The van der Waals surface area contributed by atoms with Crippen molar-refractivity contribution < 1.29 is 13.6 Å². The average Bonchev–Trinajstić information content (AvgIpc) is 2.30. The van der Waals surface area contributed by atoms with Crippen LogP contribution < -0.4 is 11.1 Å². The summed E-state index contributed by atoms with van der Waals surface area (Å²) in [5.41, 5.74) is 5.11. The Hall–Kier alpha value is -1.69. The molecule has 0 radical (unpaired) electrons. The van der Waals surface area contributed by atoms with Gasteiger partial charge in [-0.1, -0.05) is 0 Å². The molecule has 1 amide bonds. The van der Waals surface area contributed by atoms with Crippen molar-refractivity contribution in [3.8, 4) is 0 Å². The molecular formula is C13H19F2N3O. The molecule has 0 unspecified atom stereocenters. The fourth-order valence-corrected chi connectivity index (χ4v) is 1.31. The Morgan fingerprint density at radius 1 is 1.32 bits per heavy atom.